The second-order valence-corrected chi connectivity index (χ2v) is 4.83. The van der Waals surface area contributed by atoms with Crippen LogP contribution in [-0.4, -0.2) is 26.0 Å². The first kappa shape index (κ1) is 8.86. The lowest BCUT2D eigenvalue weighted by Crippen LogP contribution is -2.17. The third kappa shape index (κ3) is 2.78. The zero-order valence-corrected chi connectivity index (χ0v) is 6.22. The fourth-order valence-corrected chi connectivity index (χ4v) is 0.979. The van der Waals surface area contributed by atoms with Gasteiger partial charge in [-0.25, -0.2) is 8.42 Å². The molecule has 1 atom stereocenters. The standard InChI is InChI=1S/C2H6O5S2/c1-2(8(3)4)9(5,6)7/h2,8H,1H3,(H,5,6,7). The lowest BCUT2D eigenvalue weighted by atomic mass is 11.0. The average molecular weight is 174 g/mol. The quantitative estimate of drug-likeness (QED) is 0.407. The summed E-state index contributed by atoms with van der Waals surface area (Å²) in [6.45, 7) is 0.890. The van der Waals surface area contributed by atoms with E-state index in [2.05, 4.69) is 0 Å². The topological polar surface area (TPSA) is 88.5 Å². The molecule has 0 aliphatic heterocycles. The Morgan fingerprint density at radius 2 is 1.78 bits per heavy atom. The van der Waals surface area contributed by atoms with Gasteiger partial charge in [0.25, 0.3) is 10.1 Å². The zero-order valence-electron chi connectivity index (χ0n) is 4.51. The monoisotopic (exact) mass is 174 g/mol. The predicted octanol–water partition coefficient (Wildman–Crippen LogP) is -1.17. The van der Waals surface area contributed by atoms with Crippen LogP contribution >= 0.6 is 0 Å². The molecular weight excluding hydrogens is 168 g/mol. The molecule has 0 aromatic rings. The summed E-state index contributed by atoms with van der Waals surface area (Å²) in [4.78, 5) is 0. The molecule has 0 rings (SSSR count). The van der Waals surface area contributed by atoms with Crippen molar-refractivity contribution in [3.63, 3.8) is 0 Å². The first-order valence-corrected chi connectivity index (χ1v) is 4.70. The summed E-state index contributed by atoms with van der Waals surface area (Å²) in [5, 5.41) is 0. The molecule has 0 amide bonds. The average Bonchev–Trinajstić information content (AvgIpc) is 1.62. The maximum absolute atomic E-state index is 9.94. The number of hydrogen-bond acceptors (Lipinski definition) is 4. The summed E-state index contributed by atoms with van der Waals surface area (Å²) in [6, 6.07) is 0. The van der Waals surface area contributed by atoms with E-state index < -0.39 is 25.4 Å². The van der Waals surface area contributed by atoms with Crippen LogP contribution in [0.25, 0.3) is 0 Å². The first-order valence-electron chi connectivity index (χ1n) is 1.95. The van der Waals surface area contributed by atoms with Crippen LogP contribution in [0.5, 0.6) is 0 Å². The van der Waals surface area contributed by atoms with Gasteiger partial charge in [0.15, 0.2) is 15.3 Å². The van der Waals surface area contributed by atoms with Crippen molar-refractivity contribution in [2.45, 2.75) is 11.5 Å². The normalized spacial score (nSPS) is 15.9. The van der Waals surface area contributed by atoms with Crippen LogP contribution in [0.2, 0.25) is 0 Å². The van der Waals surface area contributed by atoms with Crippen molar-refractivity contribution in [1.29, 1.82) is 0 Å². The van der Waals surface area contributed by atoms with E-state index in [4.69, 9.17) is 4.55 Å². The van der Waals surface area contributed by atoms with Crippen molar-refractivity contribution >= 4 is 20.8 Å². The number of thiol groups is 1. The molecule has 0 spiro atoms. The van der Waals surface area contributed by atoms with Crippen molar-refractivity contribution < 1.29 is 21.4 Å². The molecule has 1 N–H and O–H groups in total. The van der Waals surface area contributed by atoms with Gasteiger partial charge in [-0.1, -0.05) is 0 Å². The molecule has 0 aliphatic carbocycles. The molecule has 0 heterocycles. The van der Waals surface area contributed by atoms with E-state index in [0.29, 0.717) is 0 Å². The van der Waals surface area contributed by atoms with Crippen molar-refractivity contribution in [2.75, 3.05) is 0 Å². The highest BCUT2D eigenvalue weighted by molar-refractivity contribution is 7.98. The molecule has 56 valence electrons. The van der Waals surface area contributed by atoms with E-state index >= 15 is 0 Å². The molecule has 0 aromatic carbocycles. The van der Waals surface area contributed by atoms with Crippen molar-refractivity contribution in [1.82, 2.24) is 0 Å². The van der Waals surface area contributed by atoms with Gasteiger partial charge in [-0.15, -0.1) is 0 Å². The van der Waals surface area contributed by atoms with Crippen molar-refractivity contribution in [3.8, 4) is 0 Å². The molecule has 0 bridgehead atoms. The Morgan fingerprint density at radius 1 is 1.44 bits per heavy atom. The van der Waals surface area contributed by atoms with Gasteiger partial charge in [-0.3, -0.25) is 4.55 Å². The Hall–Kier alpha value is -0.140. The van der Waals surface area contributed by atoms with Gasteiger partial charge in [0.2, 0.25) is 0 Å². The van der Waals surface area contributed by atoms with Crippen molar-refractivity contribution in [3.05, 3.63) is 0 Å². The molecule has 0 fully saturated rings. The minimum absolute atomic E-state index is 0.890. The molecule has 7 heteroatoms. The third-order valence-electron chi connectivity index (χ3n) is 0.728. The Kier molecular flexibility index (Phi) is 2.59. The summed E-state index contributed by atoms with van der Waals surface area (Å²) >= 11 is 0. The van der Waals surface area contributed by atoms with Gasteiger partial charge in [0, 0.05) is 0 Å². The maximum Gasteiger partial charge on any atom is 0.281 e. The second kappa shape index (κ2) is 2.63. The van der Waals surface area contributed by atoms with Gasteiger partial charge in [0.05, 0.1) is 0 Å². The zero-order chi connectivity index (χ0) is 7.65. The fourth-order valence-electron chi connectivity index (χ4n) is 0.109. The summed E-state index contributed by atoms with van der Waals surface area (Å²) in [5.74, 6) is 0. The Balaban J connectivity index is 4.63. The Bertz CT molecular complexity index is 238. The summed E-state index contributed by atoms with van der Waals surface area (Å²) in [5.41, 5.74) is 0. The molecule has 1 unspecified atom stereocenters. The van der Waals surface area contributed by atoms with Gasteiger partial charge >= 0.3 is 0 Å². The van der Waals surface area contributed by atoms with Crippen molar-refractivity contribution in [2.24, 2.45) is 0 Å². The molecule has 0 saturated carbocycles. The van der Waals surface area contributed by atoms with Gasteiger partial charge in [-0.2, -0.15) is 8.42 Å². The molecule has 0 aromatic heterocycles. The van der Waals surface area contributed by atoms with Gasteiger partial charge < -0.3 is 0 Å². The van der Waals surface area contributed by atoms with E-state index in [1.165, 1.54) is 0 Å². The predicted molar refractivity (Wildman–Crippen MR) is 31.3 cm³/mol. The molecular formula is C2H6O5S2. The molecule has 5 nitrogen and oxygen atoms in total. The van der Waals surface area contributed by atoms with Gasteiger partial charge in [-0.05, 0) is 6.92 Å². The second-order valence-electron chi connectivity index (χ2n) is 1.40. The lowest BCUT2D eigenvalue weighted by molar-refractivity contribution is 0.480. The molecule has 0 aliphatic rings. The highest BCUT2D eigenvalue weighted by atomic mass is 32.3. The largest absolute Gasteiger partial charge is 0.285 e. The highest BCUT2D eigenvalue weighted by Crippen LogP contribution is 1.95. The van der Waals surface area contributed by atoms with Crippen LogP contribution in [0.15, 0.2) is 0 Å². The fraction of sp³-hybridized carbons (Fsp3) is 1.00. The summed E-state index contributed by atoms with van der Waals surface area (Å²) < 4.78 is 45.9. The summed E-state index contributed by atoms with van der Waals surface area (Å²) in [6.07, 6.45) is 0. The minimum atomic E-state index is -4.40. The van der Waals surface area contributed by atoms with Crippen LogP contribution in [0.1, 0.15) is 6.92 Å². The van der Waals surface area contributed by atoms with Gasteiger partial charge in [0.1, 0.15) is 0 Å². The SMILES string of the molecule is CC([SH](=O)=O)S(=O)(=O)O. The van der Waals surface area contributed by atoms with Crippen LogP contribution in [0.4, 0.5) is 0 Å². The van der Waals surface area contributed by atoms with Crippen LogP contribution in [0.3, 0.4) is 0 Å². The maximum atomic E-state index is 9.94. The smallest absolute Gasteiger partial charge is 0.281 e. The number of rotatable bonds is 2. The van der Waals surface area contributed by atoms with E-state index in [0.717, 1.165) is 6.92 Å². The third-order valence-corrected chi connectivity index (χ3v) is 3.50. The first-order chi connectivity index (χ1) is 3.85. The van der Waals surface area contributed by atoms with Crippen LogP contribution in [0, 0.1) is 0 Å². The van der Waals surface area contributed by atoms with E-state index in [1.54, 1.807) is 0 Å². The Morgan fingerprint density at radius 3 is 1.78 bits per heavy atom. The Labute approximate surface area is 54.4 Å². The molecule has 0 saturated heterocycles. The van der Waals surface area contributed by atoms with E-state index in [1.807, 2.05) is 0 Å². The van der Waals surface area contributed by atoms with E-state index in [-0.39, 0.29) is 0 Å². The number of hydrogen-bond donors (Lipinski definition) is 2. The van der Waals surface area contributed by atoms with Crippen LogP contribution in [-0.2, 0) is 20.8 Å². The minimum Gasteiger partial charge on any atom is -0.285 e. The highest BCUT2D eigenvalue weighted by Gasteiger charge is 2.19. The van der Waals surface area contributed by atoms with E-state index in [9.17, 15) is 16.8 Å². The lowest BCUT2D eigenvalue weighted by Gasteiger charge is -1.94. The van der Waals surface area contributed by atoms with Crippen LogP contribution < -0.4 is 0 Å². The molecule has 9 heavy (non-hydrogen) atoms. The summed E-state index contributed by atoms with van der Waals surface area (Å²) in [7, 11) is -7.49. The molecule has 0 radical (unpaired) electrons.